The quantitative estimate of drug-likeness (QED) is 0.359. The van der Waals surface area contributed by atoms with Crippen molar-refractivity contribution in [2.24, 2.45) is 0 Å². The van der Waals surface area contributed by atoms with E-state index in [1.165, 1.54) is 68.9 Å². The summed E-state index contributed by atoms with van der Waals surface area (Å²) >= 11 is 0. The van der Waals surface area contributed by atoms with E-state index in [2.05, 4.69) is 32.6 Å². The van der Waals surface area contributed by atoms with Crippen LogP contribution < -0.4 is 4.74 Å². The minimum Gasteiger partial charge on any atom is -0.493 e. The first kappa shape index (κ1) is 18.8. The molecule has 0 saturated carbocycles. The highest BCUT2D eigenvalue weighted by Gasteiger charge is 2.02. The van der Waals surface area contributed by atoms with Gasteiger partial charge in [-0.2, -0.15) is 0 Å². The van der Waals surface area contributed by atoms with Crippen LogP contribution in [0.2, 0.25) is 0 Å². The topological polar surface area (TPSA) is 9.23 Å². The van der Waals surface area contributed by atoms with E-state index in [1.807, 2.05) is 12.1 Å². The van der Waals surface area contributed by atoms with Crippen molar-refractivity contribution in [2.75, 3.05) is 6.61 Å². The summed E-state index contributed by atoms with van der Waals surface area (Å²) in [6.45, 7) is 9.05. The normalized spacial score (nSPS) is 10.6. The zero-order chi connectivity index (χ0) is 16.0. The molecule has 1 rings (SSSR count). The second kappa shape index (κ2) is 12.3. The van der Waals surface area contributed by atoms with Gasteiger partial charge in [0.05, 0.1) is 6.61 Å². The molecular formula is C21H34O. The van der Waals surface area contributed by atoms with E-state index >= 15 is 0 Å². The fraction of sp³-hybridized carbons (Fsp3) is 0.619. The number of unbranched alkanes of at least 4 members (excludes halogenated alkanes) is 9. The molecule has 22 heavy (non-hydrogen) atoms. The van der Waals surface area contributed by atoms with E-state index in [0.29, 0.717) is 0 Å². The van der Waals surface area contributed by atoms with Gasteiger partial charge in [-0.05, 0) is 30.5 Å². The maximum absolute atomic E-state index is 5.90. The van der Waals surface area contributed by atoms with Crippen LogP contribution in [0.4, 0.5) is 0 Å². The van der Waals surface area contributed by atoms with Gasteiger partial charge in [0.2, 0.25) is 0 Å². The fourth-order valence-corrected chi connectivity index (χ4v) is 2.78. The van der Waals surface area contributed by atoms with Gasteiger partial charge < -0.3 is 4.74 Å². The van der Waals surface area contributed by atoms with E-state index in [0.717, 1.165) is 18.8 Å². The summed E-state index contributed by atoms with van der Waals surface area (Å²) in [5.41, 5.74) is 2.37. The highest BCUT2D eigenvalue weighted by molar-refractivity contribution is 5.55. The molecule has 0 radical (unpaired) electrons. The first-order valence-electron chi connectivity index (χ1n) is 9.14. The van der Waals surface area contributed by atoms with Gasteiger partial charge in [-0.15, -0.1) is 0 Å². The maximum Gasteiger partial charge on any atom is 0.122 e. The van der Waals surface area contributed by atoms with E-state index in [9.17, 15) is 0 Å². The minimum absolute atomic E-state index is 0.831. The lowest BCUT2D eigenvalue weighted by molar-refractivity contribution is 0.302. The van der Waals surface area contributed by atoms with Crippen LogP contribution in [0.5, 0.6) is 5.75 Å². The van der Waals surface area contributed by atoms with Crippen molar-refractivity contribution in [2.45, 2.75) is 78.1 Å². The van der Waals surface area contributed by atoms with Crippen molar-refractivity contribution >= 4 is 6.08 Å². The Bertz CT molecular complexity index is 408. The van der Waals surface area contributed by atoms with E-state index in [4.69, 9.17) is 4.74 Å². The lowest BCUT2D eigenvalue weighted by Gasteiger charge is -2.11. The standard InChI is InChI=1S/C21H34O/c1-4-6-7-8-9-10-11-12-13-14-18-22-21-17-15-16-20(5-2)19(21)3/h5,15-17H,2,4,6-14,18H2,1,3H3. The average Bonchev–Trinajstić information content (AvgIpc) is 2.54. The number of rotatable bonds is 13. The predicted molar refractivity (Wildman–Crippen MR) is 98.6 cm³/mol. The molecule has 0 aliphatic heterocycles. The summed E-state index contributed by atoms with van der Waals surface area (Å²) in [6.07, 6.45) is 15.5. The lowest BCUT2D eigenvalue weighted by Crippen LogP contribution is -1.99. The van der Waals surface area contributed by atoms with Crippen molar-refractivity contribution in [1.29, 1.82) is 0 Å². The molecule has 0 aliphatic carbocycles. The van der Waals surface area contributed by atoms with Crippen LogP contribution in [0.1, 0.15) is 82.3 Å². The van der Waals surface area contributed by atoms with Crippen LogP contribution in [0.3, 0.4) is 0 Å². The van der Waals surface area contributed by atoms with Crippen LogP contribution in [0, 0.1) is 6.92 Å². The highest BCUT2D eigenvalue weighted by Crippen LogP contribution is 2.22. The Balaban J connectivity index is 2.01. The third-order valence-corrected chi connectivity index (χ3v) is 4.30. The zero-order valence-corrected chi connectivity index (χ0v) is 14.7. The molecule has 0 saturated heterocycles. The Morgan fingerprint density at radius 3 is 2.09 bits per heavy atom. The van der Waals surface area contributed by atoms with Gasteiger partial charge in [-0.3, -0.25) is 0 Å². The summed E-state index contributed by atoms with van der Waals surface area (Å²) < 4.78 is 5.90. The molecule has 1 aromatic carbocycles. The van der Waals surface area contributed by atoms with Crippen LogP contribution in [0.25, 0.3) is 6.08 Å². The van der Waals surface area contributed by atoms with E-state index < -0.39 is 0 Å². The summed E-state index contributed by atoms with van der Waals surface area (Å²) in [6, 6.07) is 6.17. The third kappa shape index (κ3) is 7.68. The SMILES string of the molecule is C=Cc1cccc(OCCCCCCCCCCCC)c1C. The molecule has 124 valence electrons. The van der Waals surface area contributed by atoms with E-state index in [1.54, 1.807) is 0 Å². The van der Waals surface area contributed by atoms with Crippen LogP contribution in [-0.4, -0.2) is 6.61 Å². The number of ether oxygens (including phenoxy) is 1. The monoisotopic (exact) mass is 302 g/mol. The Hall–Kier alpha value is -1.24. The molecule has 0 aromatic heterocycles. The molecule has 0 spiro atoms. The van der Waals surface area contributed by atoms with Crippen LogP contribution in [-0.2, 0) is 0 Å². The number of hydrogen-bond acceptors (Lipinski definition) is 1. The molecule has 0 fully saturated rings. The molecule has 0 atom stereocenters. The molecule has 1 nitrogen and oxygen atoms in total. The number of benzene rings is 1. The third-order valence-electron chi connectivity index (χ3n) is 4.30. The summed E-state index contributed by atoms with van der Waals surface area (Å²) in [4.78, 5) is 0. The smallest absolute Gasteiger partial charge is 0.122 e. The van der Waals surface area contributed by atoms with Gasteiger partial charge in [0, 0.05) is 0 Å². The van der Waals surface area contributed by atoms with Crippen LogP contribution in [0.15, 0.2) is 24.8 Å². The average molecular weight is 303 g/mol. The molecule has 0 unspecified atom stereocenters. The second-order valence-corrected chi connectivity index (χ2v) is 6.20. The number of hydrogen-bond donors (Lipinski definition) is 0. The van der Waals surface area contributed by atoms with Gasteiger partial charge in [0.25, 0.3) is 0 Å². The first-order chi connectivity index (χ1) is 10.8. The lowest BCUT2D eigenvalue weighted by atomic mass is 10.1. The Labute approximate surface area is 137 Å². The molecule has 0 amide bonds. The highest BCUT2D eigenvalue weighted by atomic mass is 16.5. The van der Waals surface area contributed by atoms with Crippen molar-refractivity contribution in [3.8, 4) is 5.75 Å². The summed E-state index contributed by atoms with van der Waals surface area (Å²) in [5.74, 6) is 1.01. The summed E-state index contributed by atoms with van der Waals surface area (Å²) in [5, 5.41) is 0. The van der Waals surface area contributed by atoms with Gasteiger partial charge >= 0.3 is 0 Å². The Morgan fingerprint density at radius 1 is 0.909 bits per heavy atom. The largest absolute Gasteiger partial charge is 0.493 e. The zero-order valence-electron chi connectivity index (χ0n) is 14.7. The molecule has 1 heteroatoms. The molecule has 0 bridgehead atoms. The van der Waals surface area contributed by atoms with Gasteiger partial charge in [-0.1, -0.05) is 89.5 Å². The van der Waals surface area contributed by atoms with Crippen molar-refractivity contribution in [1.82, 2.24) is 0 Å². The molecule has 1 aromatic rings. The molecule has 0 heterocycles. The van der Waals surface area contributed by atoms with Gasteiger partial charge in [0.15, 0.2) is 0 Å². The maximum atomic E-state index is 5.90. The van der Waals surface area contributed by atoms with Crippen molar-refractivity contribution in [3.63, 3.8) is 0 Å². The molecule has 0 N–H and O–H groups in total. The van der Waals surface area contributed by atoms with Gasteiger partial charge in [-0.25, -0.2) is 0 Å². The van der Waals surface area contributed by atoms with Crippen molar-refractivity contribution < 1.29 is 4.74 Å². The first-order valence-corrected chi connectivity index (χ1v) is 9.14. The fourth-order valence-electron chi connectivity index (χ4n) is 2.78. The molecular weight excluding hydrogens is 268 g/mol. The minimum atomic E-state index is 0.831. The van der Waals surface area contributed by atoms with Gasteiger partial charge in [0.1, 0.15) is 5.75 Å². The van der Waals surface area contributed by atoms with E-state index in [-0.39, 0.29) is 0 Å². The van der Waals surface area contributed by atoms with Crippen LogP contribution >= 0.6 is 0 Å². The molecule has 0 aliphatic rings. The Morgan fingerprint density at radius 2 is 1.50 bits per heavy atom. The predicted octanol–water partition coefficient (Wildman–Crippen LogP) is 6.94. The second-order valence-electron chi connectivity index (χ2n) is 6.20. The van der Waals surface area contributed by atoms with Crippen molar-refractivity contribution in [3.05, 3.63) is 35.9 Å². The Kier molecular flexibility index (Phi) is 10.5. The summed E-state index contributed by atoms with van der Waals surface area (Å²) in [7, 11) is 0.